The number of ether oxygens (including phenoxy) is 1. The minimum atomic E-state index is -0.419. The van der Waals surface area contributed by atoms with E-state index in [0.29, 0.717) is 23.7 Å². The summed E-state index contributed by atoms with van der Waals surface area (Å²) < 4.78 is 5.00. The van der Waals surface area contributed by atoms with Gasteiger partial charge in [0.25, 0.3) is 0 Å². The third-order valence-electron chi connectivity index (χ3n) is 2.76. The molecule has 19 heavy (non-hydrogen) atoms. The number of carbonyl (C=O) groups is 1. The van der Waals surface area contributed by atoms with Crippen LogP contribution in [-0.2, 0) is 4.74 Å². The lowest BCUT2D eigenvalue weighted by Gasteiger charge is -2.10. The van der Waals surface area contributed by atoms with Crippen LogP contribution < -0.4 is 5.73 Å². The van der Waals surface area contributed by atoms with Crippen molar-refractivity contribution in [2.75, 3.05) is 12.3 Å². The lowest BCUT2D eigenvalue weighted by molar-refractivity contribution is 0.0519. The van der Waals surface area contributed by atoms with Crippen molar-refractivity contribution < 1.29 is 9.53 Å². The number of carbonyl (C=O) groups excluding carboxylic acids is 1. The van der Waals surface area contributed by atoms with Crippen molar-refractivity contribution in [1.29, 1.82) is 0 Å². The highest BCUT2D eigenvalue weighted by molar-refractivity contribution is 5.91. The Morgan fingerprint density at radius 2 is 2.00 bits per heavy atom. The van der Waals surface area contributed by atoms with E-state index in [9.17, 15) is 4.79 Å². The normalized spacial score (nSPS) is 10.2. The molecule has 1 aromatic carbocycles. The second kappa shape index (κ2) is 5.52. The number of nitrogens with zero attached hydrogens (tertiary/aromatic N) is 1. The molecule has 0 saturated heterocycles. The highest BCUT2D eigenvalue weighted by atomic mass is 16.5. The van der Waals surface area contributed by atoms with E-state index in [1.165, 1.54) is 0 Å². The molecule has 1 aromatic heterocycles. The van der Waals surface area contributed by atoms with Crippen LogP contribution >= 0.6 is 0 Å². The lowest BCUT2D eigenvalue weighted by atomic mass is 10.1. The molecular formula is C15H16N2O2. The summed E-state index contributed by atoms with van der Waals surface area (Å²) >= 11 is 0. The molecule has 0 fully saturated rings. The lowest BCUT2D eigenvalue weighted by Crippen LogP contribution is -2.11. The van der Waals surface area contributed by atoms with Crippen molar-refractivity contribution in [2.45, 2.75) is 13.8 Å². The third-order valence-corrected chi connectivity index (χ3v) is 2.76. The van der Waals surface area contributed by atoms with E-state index in [1.54, 1.807) is 19.9 Å². The van der Waals surface area contributed by atoms with Crippen LogP contribution in [0.1, 0.15) is 23.0 Å². The molecule has 0 aliphatic heterocycles. The molecule has 2 N–H and O–H groups in total. The van der Waals surface area contributed by atoms with E-state index >= 15 is 0 Å². The molecule has 0 bridgehead atoms. The number of pyridine rings is 1. The predicted molar refractivity (Wildman–Crippen MR) is 74.8 cm³/mol. The topological polar surface area (TPSA) is 65.2 Å². The molecule has 4 nitrogen and oxygen atoms in total. The fraction of sp³-hybridized carbons (Fsp3) is 0.200. The van der Waals surface area contributed by atoms with Gasteiger partial charge in [-0.2, -0.15) is 0 Å². The van der Waals surface area contributed by atoms with Crippen molar-refractivity contribution in [3.05, 3.63) is 47.7 Å². The van der Waals surface area contributed by atoms with Gasteiger partial charge in [0.05, 0.1) is 18.0 Å². The molecular weight excluding hydrogens is 240 g/mol. The molecule has 98 valence electrons. The van der Waals surface area contributed by atoms with Gasteiger partial charge in [0, 0.05) is 5.56 Å². The van der Waals surface area contributed by atoms with Crippen LogP contribution in [0.2, 0.25) is 0 Å². The molecule has 0 saturated carbocycles. The van der Waals surface area contributed by atoms with Gasteiger partial charge in [-0.05, 0) is 25.5 Å². The zero-order valence-electron chi connectivity index (χ0n) is 11.0. The number of hydrogen-bond acceptors (Lipinski definition) is 4. The maximum atomic E-state index is 11.8. The summed E-state index contributed by atoms with van der Waals surface area (Å²) in [6.07, 6.45) is 0. The molecule has 4 heteroatoms. The first-order valence-corrected chi connectivity index (χ1v) is 6.13. The van der Waals surface area contributed by atoms with E-state index in [0.717, 1.165) is 11.1 Å². The van der Waals surface area contributed by atoms with Gasteiger partial charge < -0.3 is 10.5 Å². The molecule has 0 spiro atoms. The van der Waals surface area contributed by atoms with E-state index in [2.05, 4.69) is 4.98 Å². The predicted octanol–water partition coefficient (Wildman–Crippen LogP) is 2.82. The summed E-state index contributed by atoms with van der Waals surface area (Å²) in [4.78, 5) is 16.2. The largest absolute Gasteiger partial charge is 0.461 e. The van der Waals surface area contributed by atoms with Gasteiger partial charge in [0.15, 0.2) is 5.69 Å². The van der Waals surface area contributed by atoms with E-state index < -0.39 is 5.97 Å². The van der Waals surface area contributed by atoms with Crippen LogP contribution in [0, 0.1) is 6.92 Å². The molecule has 0 amide bonds. The average Bonchev–Trinajstić information content (AvgIpc) is 2.40. The fourth-order valence-corrected chi connectivity index (χ4v) is 1.87. The molecule has 0 atom stereocenters. The Morgan fingerprint density at radius 1 is 1.32 bits per heavy atom. The SMILES string of the molecule is CCOC(=O)c1nc(-c2ccccc2)c(N)cc1C. The number of aryl methyl sites for hydroxylation is 1. The molecule has 1 heterocycles. The zero-order chi connectivity index (χ0) is 13.8. The van der Waals surface area contributed by atoms with E-state index in [1.807, 2.05) is 30.3 Å². The molecule has 2 rings (SSSR count). The molecule has 0 unspecified atom stereocenters. The second-order valence-electron chi connectivity index (χ2n) is 4.18. The van der Waals surface area contributed by atoms with E-state index in [-0.39, 0.29) is 0 Å². The van der Waals surface area contributed by atoms with Crippen molar-refractivity contribution in [2.24, 2.45) is 0 Å². The number of benzene rings is 1. The van der Waals surface area contributed by atoms with Gasteiger partial charge in [-0.1, -0.05) is 30.3 Å². The number of aromatic nitrogens is 1. The molecule has 0 radical (unpaired) electrons. The quantitative estimate of drug-likeness (QED) is 0.857. The first-order valence-electron chi connectivity index (χ1n) is 6.13. The van der Waals surface area contributed by atoms with Crippen LogP contribution in [0.25, 0.3) is 11.3 Å². The Morgan fingerprint density at radius 3 is 2.63 bits per heavy atom. The molecule has 0 aliphatic rings. The summed E-state index contributed by atoms with van der Waals surface area (Å²) in [5.41, 5.74) is 9.05. The van der Waals surface area contributed by atoms with E-state index in [4.69, 9.17) is 10.5 Å². The standard InChI is InChI=1S/C15H16N2O2/c1-3-19-15(18)13-10(2)9-12(16)14(17-13)11-7-5-4-6-8-11/h4-9H,3,16H2,1-2H3. The average molecular weight is 256 g/mol. The maximum absolute atomic E-state index is 11.8. The second-order valence-corrected chi connectivity index (χ2v) is 4.18. The summed E-state index contributed by atoms with van der Waals surface area (Å²) in [7, 11) is 0. The van der Waals surface area contributed by atoms with Crippen LogP contribution in [0.3, 0.4) is 0 Å². The number of anilines is 1. The minimum absolute atomic E-state index is 0.315. The zero-order valence-corrected chi connectivity index (χ0v) is 11.0. The Kier molecular flexibility index (Phi) is 3.80. The Labute approximate surface area is 112 Å². The fourth-order valence-electron chi connectivity index (χ4n) is 1.87. The summed E-state index contributed by atoms with van der Waals surface area (Å²) in [5.74, 6) is -0.419. The summed E-state index contributed by atoms with van der Waals surface area (Å²) in [6.45, 7) is 3.89. The summed E-state index contributed by atoms with van der Waals surface area (Å²) in [6, 6.07) is 11.3. The van der Waals surface area contributed by atoms with Crippen molar-refractivity contribution >= 4 is 11.7 Å². The Balaban J connectivity index is 2.51. The number of nitrogen functional groups attached to an aromatic ring is 1. The number of hydrogen-bond donors (Lipinski definition) is 1. The maximum Gasteiger partial charge on any atom is 0.357 e. The highest BCUT2D eigenvalue weighted by Crippen LogP contribution is 2.25. The van der Waals surface area contributed by atoms with Gasteiger partial charge in [-0.3, -0.25) is 0 Å². The van der Waals surface area contributed by atoms with Crippen LogP contribution in [0.5, 0.6) is 0 Å². The van der Waals surface area contributed by atoms with Crippen molar-refractivity contribution in [3.63, 3.8) is 0 Å². The number of esters is 1. The number of rotatable bonds is 3. The van der Waals surface area contributed by atoms with Crippen LogP contribution in [0.15, 0.2) is 36.4 Å². The van der Waals surface area contributed by atoms with Gasteiger partial charge in [-0.15, -0.1) is 0 Å². The molecule has 0 aliphatic carbocycles. The van der Waals surface area contributed by atoms with Gasteiger partial charge in [0.1, 0.15) is 0 Å². The van der Waals surface area contributed by atoms with Crippen molar-refractivity contribution in [1.82, 2.24) is 4.98 Å². The molecule has 2 aromatic rings. The smallest absolute Gasteiger partial charge is 0.357 e. The first kappa shape index (κ1) is 13.1. The van der Waals surface area contributed by atoms with Crippen molar-refractivity contribution in [3.8, 4) is 11.3 Å². The number of nitrogens with two attached hydrogens (primary N) is 1. The summed E-state index contributed by atoms with van der Waals surface area (Å²) in [5, 5.41) is 0. The minimum Gasteiger partial charge on any atom is -0.461 e. The highest BCUT2D eigenvalue weighted by Gasteiger charge is 2.15. The van der Waals surface area contributed by atoms with Gasteiger partial charge >= 0.3 is 5.97 Å². The first-order chi connectivity index (χ1) is 9.13. The third kappa shape index (κ3) is 2.73. The van der Waals surface area contributed by atoms with Crippen LogP contribution in [0.4, 0.5) is 5.69 Å². The monoisotopic (exact) mass is 256 g/mol. The van der Waals surface area contributed by atoms with Gasteiger partial charge in [-0.25, -0.2) is 9.78 Å². The Hall–Kier alpha value is -2.36. The van der Waals surface area contributed by atoms with Crippen LogP contribution in [-0.4, -0.2) is 17.6 Å². The Bertz CT molecular complexity index is 595. The van der Waals surface area contributed by atoms with Gasteiger partial charge in [0.2, 0.25) is 0 Å².